The van der Waals surface area contributed by atoms with Crippen molar-refractivity contribution in [2.75, 3.05) is 4.90 Å². The van der Waals surface area contributed by atoms with Crippen LogP contribution in [0.2, 0.25) is 10.2 Å². The molecule has 9 heteroatoms. The highest BCUT2D eigenvalue weighted by Crippen LogP contribution is 2.37. The number of rotatable bonds is 1. The zero-order valence-corrected chi connectivity index (χ0v) is 9.94. The van der Waals surface area contributed by atoms with Crippen molar-refractivity contribution in [1.82, 2.24) is 4.98 Å². The van der Waals surface area contributed by atoms with Crippen molar-refractivity contribution in [2.45, 2.75) is 0 Å². The SMILES string of the molecule is O=C(O)N(C(=O)O)c1nccc2c(Cl)c(Cl)oc12. The van der Waals surface area contributed by atoms with Crippen molar-refractivity contribution in [1.29, 1.82) is 0 Å². The summed E-state index contributed by atoms with van der Waals surface area (Å²) >= 11 is 11.5. The highest BCUT2D eigenvalue weighted by Gasteiger charge is 2.28. The zero-order valence-electron chi connectivity index (χ0n) is 8.42. The Morgan fingerprint density at radius 2 is 1.89 bits per heavy atom. The van der Waals surface area contributed by atoms with E-state index in [2.05, 4.69) is 4.98 Å². The molecule has 2 N–H and O–H groups in total. The molecule has 2 aromatic heterocycles. The molecule has 0 atom stereocenters. The largest absolute Gasteiger partial charge is 0.464 e. The van der Waals surface area contributed by atoms with Crippen LogP contribution >= 0.6 is 23.2 Å². The lowest BCUT2D eigenvalue weighted by Gasteiger charge is -2.11. The van der Waals surface area contributed by atoms with Crippen molar-refractivity contribution < 1.29 is 24.2 Å². The van der Waals surface area contributed by atoms with Crippen LogP contribution in [0.3, 0.4) is 0 Å². The number of amides is 2. The molecule has 7 nitrogen and oxygen atoms in total. The molecule has 0 aliphatic rings. The van der Waals surface area contributed by atoms with Gasteiger partial charge in [0.25, 0.3) is 0 Å². The van der Waals surface area contributed by atoms with E-state index in [-0.39, 0.29) is 26.1 Å². The highest BCUT2D eigenvalue weighted by atomic mass is 35.5. The molecule has 18 heavy (non-hydrogen) atoms. The molecular weight excluding hydrogens is 287 g/mol. The number of hydrogen-bond acceptors (Lipinski definition) is 4. The molecule has 0 aliphatic carbocycles. The van der Waals surface area contributed by atoms with Crippen LogP contribution < -0.4 is 4.90 Å². The van der Waals surface area contributed by atoms with E-state index >= 15 is 0 Å². The monoisotopic (exact) mass is 290 g/mol. The molecule has 0 aromatic carbocycles. The molecular formula is C9H4Cl2N2O5. The van der Waals surface area contributed by atoms with Gasteiger partial charge >= 0.3 is 12.2 Å². The summed E-state index contributed by atoms with van der Waals surface area (Å²) in [4.78, 5) is 25.4. The Morgan fingerprint density at radius 1 is 1.28 bits per heavy atom. The third-order valence-electron chi connectivity index (χ3n) is 2.08. The van der Waals surface area contributed by atoms with Gasteiger partial charge in [-0.1, -0.05) is 11.6 Å². The Bertz CT molecular complexity index is 640. The molecule has 2 amide bonds. The molecule has 0 unspecified atom stereocenters. The van der Waals surface area contributed by atoms with Crippen LogP contribution in [0, 0.1) is 0 Å². The third-order valence-corrected chi connectivity index (χ3v) is 2.82. The summed E-state index contributed by atoms with van der Waals surface area (Å²) in [5.41, 5.74) is -0.114. The number of carbonyl (C=O) groups is 2. The van der Waals surface area contributed by atoms with E-state index in [1.165, 1.54) is 12.3 Å². The molecule has 0 fully saturated rings. The third kappa shape index (κ3) is 1.83. The van der Waals surface area contributed by atoms with E-state index in [0.717, 1.165) is 0 Å². The summed E-state index contributed by atoms with van der Waals surface area (Å²) < 4.78 is 5.01. The second-order valence-corrected chi connectivity index (χ2v) is 3.82. The number of halogens is 2. The summed E-state index contributed by atoms with van der Waals surface area (Å²) in [6.07, 6.45) is -2.23. The Hall–Kier alpha value is -1.99. The number of fused-ring (bicyclic) bond motifs is 1. The fraction of sp³-hybridized carbons (Fsp3) is 0. The van der Waals surface area contributed by atoms with Crippen molar-refractivity contribution in [2.24, 2.45) is 0 Å². The molecule has 2 rings (SSSR count). The van der Waals surface area contributed by atoms with Gasteiger partial charge in [-0.15, -0.1) is 0 Å². The second-order valence-electron chi connectivity index (χ2n) is 3.10. The molecule has 94 valence electrons. The molecule has 0 saturated heterocycles. The van der Waals surface area contributed by atoms with E-state index < -0.39 is 18.0 Å². The van der Waals surface area contributed by atoms with Crippen molar-refractivity contribution in [3.8, 4) is 0 Å². The first-order chi connectivity index (χ1) is 8.43. The Labute approximate surface area is 109 Å². The standard InChI is InChI=1S/C9H4Cl2N2O5/c10-4-3-1-2-12-7(5(3)18-6(4)11)13(8(14)15)9(16)17/h1-2H,(H,14,15)(H,16,17). The summed E-state index contributed by atoms with van der Waals surface area (Å²) in [6.45, 7) is 0. The predicted octanol–water partition coefficient (Wildman–Crippen LogP) is 3.30. The normalized spacial score (nSPS) is 10.6. The maximum absolute atomic E-state index is 10.9. The average Bonchev–Trinajstić information content (AvgIpc) is 2.56. The number of furan rings is 1. The maximum Gasteiger partial charge on any atom is 0.422 e. The minimum Gasteiger partial charge on any atom is -0.464 e. The van der Waals surface area contributed by atoms with Crippen LogP contribution in [-0.4, -0.2) is 27.4 Å². The quantitative estimate of drug-likeness (QED) is 0.835. The molecule has 0 bridgehead atoms. The lowest BCUT2D eigenvalue weighted by atomic mass is 10.3. The van der Waals surface area contributed by atoms with Gasteiger partial charge in [-0.25, -0.2) is 14.6 Å². The number of carboxylic acid groups (broad SMARTS) is 2. The van der Waals surface area contributed by atoms with Gasteiger partial charge in [0, 0.05) is 11.6 Å². The molecule has 0 spiro atoms. The lowest BCUT2D eigenvalue weighted by Crippen LogP contribution is -2.35. The molecule has 0 saturated carbocycles. The number of imide groups is 1. The fourth-order valence-corrected chi connectivity index (χ4v) is 1.74. The molecule has 2 heterocycles. The van der Waals surface area contributed by atoms with Crippen LogP contribution in [0.25, 0.3) is 11.0 Å². The number of hydrogen-bond donors (Lipinski definition) is 2. The van der Waals surface area contributed by atoms with Gasteiger partial charge in [0.05, 0.1) is 0 Å². The van der Waals surface area contributed by atoms with E-state index in [1.807, 2.05) is 0 Å². The molecule has 0 aliphatic heterocycles. The minimum absolute atomic E-state index is 0.0124. The number of anilines is 1. The maximum atomic E-state index is 10.9. The first-order valence-electron chi connectivity index (χ1n) is 4.42. The van der Waals surface area contributed by atoms with Gasteiger partial charge in [-0.2, -0.15) is 4.90 Å². The Balaban J connectivity index is 2.74. The Kier molecular flexibility index (Phi) is 3.02. The number of nitrogens with zero attached hydrogens (tertiary/aromatic N) is 2. The summed E-state index contributed by atoms with van der Waals surface area (Å²) in [5, 5.41) is 17.8. The van der Waals surface area contributed by atoms with Gasteiger partial charge in [0.15, 0.2) is 11.4 Å². The average molecular weight is 291 g/mol. The van der Waals surface area contributed by atoms with Crippen LogP contribution in [-0.2, 0) is 0 Å². The Morgan fingerprint density at radius 3 is 2.44 bits per heavy atom. The van der Waals surface area contributed by atoms with Gasteiger partial charge < -0.3 is 14.6 Å². The summed E-state index contributed by atoms with van der Waals surface area (Å²) in [5.74, 6) is -0.415. The lowest BCUT2D eigenvalue weighted by molar-refractivity contribution is 0.184. The van der Waals surface area contributed by atoms with E-state index in [4.69, 9.17) is 37.8 Å². The van der Waals surface area contributed by atoms with Gasteiger partial charge in [-0.05, 0) is 17.7 Å². The second kappa shape index (κ2) is 4.35. The summed E-state index contributed by atoms with van der Waals surface area (Å²) in [6, 6.07) is 1.43. The first kappa shape index (κ1) is 12.5. The van der Waals surface area contributed by atoms with E-state index in [0.29, 0.717) is 0 Å². The van der Waals surface area contributed by atoms with Crippen LogP contribution in [0.15, 0.2) is 16.7 Å². The van der Waals surface area contributed by atoms with Crippen molar-refractivity contribution >= 4 is 52.2 Å². The zero-order chi connectivity index (χ0) is 13.4. The topological polar surface area (TPSA) is 104 Å². The highest BCUT2D eigenvalue weighted by molar-refractivity contribution is 6.44. The number of pyridine rings is 1. The first-order valence-corrected chi connectivity index (χ1v) is 5.17. The van der Waals surface area contributed by atoms with Crippen molar-refractivity contribution in [3.05, 3.63) is 22.5 Å². The van der Waals surface area contributed by atoms with Crippen LogP contribution in [0.5, 0.6) is 0 Å². The molecule has 0 radical (unpaired) electrons. The smallest absolute Gasteiger partial charge is 0.422 e. The fourth-order valence-electron chi connectivity index (χ4n) is 1.37. The minimum atomic E-state index is -1.72. The van der Waals surface area contributed by atoms with Gasteiger partial charge in [0.2, 0.25) is 5.22 Å². The van der Waals surface area contributed by atoms with Crippen LogP contribution in [0.1, 0.15) is 0 Å². The van der Waals surface area contributed by atoms with Gasteiger partial charge in [-0.3, -0.25) is 0 Å². The molecule has 2 aromatic rings. The number of aromatic nitrogens is 1. The summed E-state index contributed by atoms with van der Waals surface area (Å²) in [7, 11) is 0. The van der Waals surface area contributed by atoms with Crippen LogP contribution in [0.4, 0.5) is 15.4 Å². The van der Waals surface area contributed by atoms with E-state index in [9.17, 15) is 9.59 Å². The predicted molar refractivity (Wildman–Crippen MR) is 62.6 cm³/mol. The van der Waals surface area contributed by atoms with E-state index in [1.54, 1.807) is 0 Å². The van der Waals surface area contributed by atoms with Crippen molar-refractivity contribution in [3.63, 3.8) is 0 Å². The van der Waals surface area contributed by atoms with Gasteiger partial charge in [0.1, 0.15) is 5.02 Å².